The molecule has 0 fully saturated rings. The number of benzene rings is 9. The summed E-state index contributed by atoms with van der Waals surface area (Å²) in [5, 5.41) is 2.55. The van der Waals surface area contributed by atoms with Gasteiger partial charge in [0.2, 0.25) is 0 Å². The van der Waals surface area contributed by atoms with Crippen molar-refractivity contribution in [3.05, 3.63) is 247 Å². The first-order valence-corrected chi connectivity index (χ1v) is 20.4. The molecule has 1 aliphatic rings. The van der Waals surface area contributed by atoms with Crippen LogP contribution in [0.25, 0.3) is 53.6 Å². The Hall–Kier alpha value is -7.00. The molecule has 10 aromatic rings. The van der Waals surface area contributed by atoms with Gasteiger partial charge in [-0.1, -0.05) is 170 Å². The Labute approximate surface area is 337 Å². The van der Waals surface area contributed by atoms with Crippen molar-refractivity contribution in [1.82, 2.24) is 0 Å². The Kier molecular flexibility index (Phi) is 7.98. The van der Waals surface area contributed by atoms with E-state index in [1.165, 1.54) is 75.8 Å². The lowest BCUT2D eigenvalue weighted by Gasteiger charge is -2.34. The summed E-state index contributed by atoms with van der Waals surface area (Å²) in [6.07, 6.45) is 0. The van der Waals surface area contributed by atoms with Crippen LogP contribution in [-0.4, -0.2) is 0 Å². The van der Waals surface area contributed by atoms with Crippen LogP contribution in [0.1, 0.15) is 22.3 Å². The van der Waals surface area contributed by atoms with Crippen LogP contribution in [0.5, 0.6) is 0 Å². The molecule has 0 saturated carbocycles. The molecule has 0 unspecified atom stereocenters. The maximum atomic E-state index is 2.48. The van der Waals surface area contributed by atoms with Crippen LogP contribution in [0.3, 0.4) is 0 Å². The third-order valence-electron chi connectivity index (χ3n) is 11.8. The van der Waals surface area contributed by atoms with E-state index in [0.29, 0.717) is 0 Å². The molecule has 9 aromatic carbocycles. The Balaban J connectivity index is 1.09. The van der Waals surface area contributed by atoms with Crippen molar-refractivity contribution in [3.63, 3.8) is 0 Å². The molecule has 57 heavy (non-hydrogen) atoms. The largest absolute Gasteiger partial charge is 0.310 e. The molecule has 11 rings (SSSR count). The average molecular weight is 744 g/mol. The fourth-order valence-electron chi connectivity index (χ4n) is 9.16. The van der Waals surface area contributed by atoms with E-state index < -0.39 is 5.41 Å². The third-order valence-corrected chi connectivity index (χ3v) is 12.9. The molecule has 2 heteroatoms. The number of rotatable bonds is 7. The van der Waals surface area contributed by atoms with E-state index in [1.807, 2.05) is 11.3 Å². The molecule has 0 aliphatic heterocycles. The lowest BCUT2D eigenvalue weighted by molar-refractivity contribution is 0.770. The Bertz CT molecular complexity index is 2910. The molecule has 0 bridgehead atoms. The Morgan fingerprint density at radius 1 is 0.316 bits per heavy atom. The number of fused-ring (bicyclic) bond motifs is 6. The molecular formula is C55H37NS. The van der Waals surface area contributed by atoms with E-state index >= 15 is 0 Å². The van der Waals surface area contributed by atoms with Gasteiger partial charge in [-0.2, -0.15) is 0 Å². The van der Waals surface area contributed by atoms with Crippen molar-refractivity contribution in [3.8, 4) is 33.4 Å². The van der Waals surface area contributed by atoms with Gasteiger partial charge in [0.25, 0.3) is 0 Å². The molecule has 1 aromatic heterocycles. The van der Waals surface area contributed by atoms with Gasteiger partial charge in [0.15, 0.2) is 0 Å². The van der Waals surface area contributed by atoms with Gasteiger partial charge in [0.05, 0.1) is 5.41 Å². The van der Waals surface area contributed by atoms with Gasteiger partial charge in [-0.25, -0.2) is 0 Å². The van der Waals surface area contributed by atoms with Crippen LogP contribution in [0, 0.1) is 0 Å². The predicted octanol–water partition coefficient (Wildman–Crippen LogP) is 15.2. The van der Waals surface area contributed by atoms with Crippen molar-refractivity contribution in [2.24, 2.45) is 0 Å². The lowest BCUT2D eigenvalue weighted by atomic mass is 9.67. The molecule has 0 N–H and O–H groups in total. The van der Waals surface area contributed by atoms with Crippen LogP contribution in [0.15, 0.2) is 224 Å². The highest BCUT2D eigenvalue weighted by molar-refractivity contribution is 7.25. The highest BCUT2D eigenvalue weighted by Crippen LogP contribution is 2.56. The number of thiophene rings is 1. The van der Waals surface area contributed by atoms with Crippen molar-refractivity contribution < 1.29 is 0 Å². The number of hydrogen-bond acceptors (Lipinski definition) is 2. The summed E-state index contributed by atoms with van der Waals surface area (Å²) in [7, 11) is 0. The van der Waals surface area contributed by atoms with Gasteiger partial charge in [-0.3, -0.25) is 0 Å². The van der Waals surface area contributed by atoms with Crippen molar-refractivity contribution in [1.29, 1.82) is 0 Å². The van der Waals surface area contributed by atoms with Gasteiger partial charge < -0.3 is 4.90 Å². The topological polar surface area (TPSA) is 3.24 Å². The summed E-state index contributed by atoms with van der Waals surface area (Å²) in [6, 6.07) is 82.4. The molecule has 0 spiro atoms. The monoisotopic (exact) mass is 743 g/mol. The molecule has 0 radical (unpaired) electrons. The highest BCUT2D eigenvalue weighted by Gasteiger charge is 2.45. The summed E-state index contributed by atoms with van der Waals surface area (Å²) >= 11 is 1.87. The molecule has 1 heterocycles. The number of anilines is 3. The fourth-order valence-corrected chi connectivity index (χ4v) is 10.2. The van der Waals surface area contributed by atoms with E-state index in [0.717, 1.165) is 17.1 Å². The zero-order valence-electron chi connectivity index (χ0n) is 31.2. The molecule has 0 saturated heterocycles. The van der Waals surface area contributed by atoms with Crippen molar-refractivity contribution >= 4 is 48.6 Å². The van der Waals surface area contributed by atoms with E-state index in [4.69, 9.17) is 0 Å². The van der Waals surface area contributed by atoms with Crippen LogP contribution in [0.2, 0.25) is 0 Å². The van der Waals surface area contributed by atoms with Crippen molar-refractivity contribution in [2.75, 3.05) is 4.90 Å². The second-order valence-electron chi connectivity index (χ2n) is 14.9. The van der Waals surface area contributed by atoms with E-state index in [1.54, 1.807) is 0 Å². The zero-order valence-corrected chi connectivity index (χ0v) is 32.0. The van der Waals surface area contributed by atoms with Gasteiger partial charge in [0, 0.05) is 37.2 Å². The summed E-state index contributed by atoms with van der Waals surface area (Å²) in [4.78, 5) is 2.39. The van der Waals surface area contributed by atoms with E-state index in [2.05, 4.69) is 229 Å². The summed E-state index contributed by atoms with van der Waals surface area (Å²) < 4.78 is 2.57. The summed E-state index contributed by atoms with van der Waals surface area (Å²) in [5.74, 6) is 0. The first kappa shape index (κ1) is 33.3. The maximum Gasteiger partial charge on any atom is 0.0713 e. The van der Waals surface area contributed by atoms with Gasteiger partial charge in [-0.15, -0.1) is 11.3 Å². The third kappa shape index (κ3) is 5.44. The van der Waals surface area contributed by atoms with Gasteiger partial charge in [0.1, 0.15) is 0 Å². The molecule has 1 aliphatic carbocycles. The molecule has 0 amide bonds. The lowest BCUT2D eigenvalue weighted by Crippen LogP contribution is -2.28. The number of nitrogens with zero attached hydrogens (tertiary/aromatic N) is 1. The molecule has 1 nitrogen and oxygen atoms in total. The highest BCUT2D eigenvalue weighted by atomic mass is 32.1. The minimum absolute atomic E-state index is 0.443. The molecular weight excluding hydrogens is 707 g/mol. The average Bonchev–Trinajstić information content (AvgIpc) is 3.81. The second kappa shape index (κ2) is 13.6. The Morgan fingerprint density at radius 3 is 1.28 bits per heavy atom. The van der Waals surface area contributed by atoms with Crippen molar-refractivity contribution in [2.45, 2.75) is 5.41 Å². The molecule has 268 valence electrons. The van der Waals surface area contributed by atoms with Gasteiger partial charge >= 0.3 is 0 Å². The maximum absolute atomic E-state index is 2.48. The normalized spacial score (nSPS) is 12.7. The van der Waals surface area contributed by atoms with E-state index in [-0.39, 0.29) is 0 Å². The first-order chi connectivity index (χ1) is 28.3. The zero-order chi connectivity index (χ0) is 37.8. The minimum Gasteiger partial charge on any atom is -0.310 e. The van der Waals surface area contributed by atoms with E-state index in [9.17, 15) is 0 Å². The fraction of sp³-hybridized carbons (Fsp3) is 0.0182. The quantitative estimate of drug-likeness (QED) is 0.157. The van der Waals surface area contributed by atoms with Crippen LogP contribution < -0.4 is 4.90 Å². The van der Waals surface area contributed by atoms with Crippen LogP contribution in [-0.2, 0) is 5.41 Å². The SMILES string of the molecule is c1ccc(-c2ccc(N(c3ccc(-c4ccccc4)cc3)c3ccc4sc5ccc(C6(c7ccccc7)c7ccccc7-c7ccccc76)cc5c4c3)cc2)cc1. The minimum atomic E-state index is -0.443. The molecule has 0 atom stereocenters. The number of hydrogen-bond donors (Lipinski definition) is 0. The smallest absolute Gasteiger partial charge is 0.0713 e. The van der Waals surface area contributed by atoms with Crippen LogP contribution in [0.4, 0.5) is 17.1 Å². The summed E-state index contributed by atoms with van der Waals surface area (Å²) in [5.41, 5.74) is 15.6. The standard InChI is InChI=1S/C55H37NS/c1-4-14-38(15-5-1)40-24-29-44(30-25-40)56(45-31-26-41(27-32-45)39-16-6-2-7-17-39)46-33-35-54-50(37-46)49-36-43(28-34-53(49)57-54)55(42-18-8-3-9-19-42)51-22-12-10-20-47(51)48-21-11-13-23-52(48)55/h1-37H. The first-order valence-electron chi connectivity index (χ1n) is 19.6. The van der Waals surface area contributed by atoms with Gasteiger partial charge in [-0.05, 0) is 110 Å². The van der Waals surface area contributed by atoms with Crippen LogP contribution >= 0.6 is 11.3 Å². The predicted molar refractivity (Wildman–Crippen MR) is 242 cm³/mol. The summed E-state index contributed by atoms with van der Waals surface area (Å²) in [6.45, 7) is 0. The Morgan fingerprint density at radius 2 is 0.737 bits per heavy atom. The second-order valence-corrected chi connectivity index (χ2v) is 15.9.